The van der Waals surface area contributed by atoms with E-state index >= 15 is 0 Å². The molecule has 1 heterocycles. The summed E-state index contributed by atoms with van der Waals surface area (Å²) < 4.78 is 5.94. The van der Waals surface area contributed by atoms with Gasteiger partial charge in [-0.3, -0.25) is 0 Å². The first-order chi connectivity index (χ1) is 11.6. The summed E-state index contributed by atoms with van der Waals surface area (Å²) in [6.07, 6.45) is 2.40. The van der Waals surface area contributed by atoms with Gasteiger partial charge in [0.1, 0.15) is 11.5 Å². The predicted octanol–water partition coefficient (Wildman–Crippen LogP) is 1.60. The first-order valence-corrected chi connectivity index (χ1v) is 7.62. The first kappa shape index (κ1) is 16.3. The van der Waals surface area contributed by atoms with E-state index in [1.807, 2.05) is 0 Å². The quantitative estimate of drug-likeness (QED) is 0.308. The van der Waals surface area contributed by atoms with Gasteiger partial charge >= 0.3 is 0 Å². The molecular formula is C13H17ClN8O2. The van der Waals surface area contributed by atoms with Crippen LogP contribution in [0.4, 0.5) is 0 Å². The van der Waals surface area contributed by atoms with Crippen molar-refractivity contribution < 1.29 is 9.84 Å². The van der Waals surface area contributed by atoms with Crippen LogP contribution >= 0.6 is 11.6 Å². The number of hydrogen-bond acceptors (Lipinski definition) is 8. The van der Waals surface area contributed by atoms with Crippen LogP contribution in [0.3, 0.4) is 0 Å². The zero-order valence-corrected chi connectivity index (χ0v) is 13.3. The van der Waals surface area contributed by atoms with Crippen molar-refractivity contribution >= 4 is 11.6 Å². The smallest absolute Gasteiger partial charge is 0.197 e. The number of nitrogens with two attached hydrogens (primary N) is 2. The first-order valence-electron chi connectivity index (χ1n) is 7.25. The minimum Gasteiger partial charge on any atom is -0.506 e. The maximum atomic E-state index is 9.83. The van der Waals surface area contributed by atoms with Gasteiger partial charge in [-0.25, -0.2) is 5.32 Å². The molecule has 1 aromatic carbocycles. The summed E-state index contributed by atoms with van der Waals surface area (Å²) in [6, 6.07) is 3.21. The molecule has 0 radical (unpaired) electrons. The van der Waals surface area contributed by atoms with Crippen LogP contribution in [0.1, 0.15) is 24.3 Å². The highest BCUT2D eigenvalue weighted by atomic mass is 35.5. The van der Waals surface area contributed by atoms with Crippen LogP contribution in [0.2, 0.25) is 5.02 Å². The third-order valence-corrected chi connectivity index (χ3v) is 3.96. The molecule has 7 N–H and O–H groups in total. The van der Waals surface area contributed by atoms with Crippen LogP contribution in [0.15, 0.2) is 44.8 Å². The Bertz CT molecular complexity index is 703. The van der Waals surface area contributed by atoms with Gasteiger partial charge in [0.2, 0.25) is 0 Å². The average Bonchev–Trinajstić information content (AvgIpc) is 3.38. The number of rotatable bonds is 5. The van der Waals surface area contributed by atoms with E-state index in [9.17, 15) is 5.11 Å². The lowest BCUT2D eigenvalue weighted by Gasteiger charge is -2.26. The van der Waals surface area contributed by atoms with Crippen molar-refractivity contribution in [1.82, 2.24) is 10.6 Å². The fourth-order valence-electron chi connectivity index (χ4n) is 2.38. The molecule has 0 amide bonds. The highest BCUT2D eigenvalue weighted by Crippen LogP contribution is 2.47. The lowest BCUT2D eigenvalue weighted by atomic mass is 10.1. The fourth-order valence-corrected chi connectivity index (χ4v) is 2.54. The Morgan fingerprint density at radius 3 is 2.62 bits per heavy atom. The molecule has 10 nitrogen and oxygen atoms in total. The third-order valence-electron chi connectivity index (χ3n) is 3.66. The summed E-state index contributed by atoms with van der Waals surface area (Å²) in [6.45, 7) is 0. The van der Waals surface area contributed by atoms with Crippen LogP contribution in [0.25, 0.3) is 0 Å². The number of ether oxygens (including phenoxy) is 1. The third kappa shape index (κ3) is 3.49. The summed E-state index contributed by atoms with van der Waals surface area (Å²) in [5, 5.41) is 30.0. The SMILES string of the molecule is NN=NC1NC=C(Oc2cc(Cl)c(O)cc2C2CC2)C(N=NN)N1. The summed E-state index contributed by atoms with van der Waals surface area (Å²) in [5.74, 6) is 11.5. The fraction of sp³-hybridized carbons (Fsp3) is 0.385. The summed E-state index contributed by atoms with van der Waals surface area (Å²) in [4.78, 5) is 0. The maximum absolute atomic E-state index is 9.83. The van der Waals surface area contributed by atoms with Gasteiger partial charge in [0, 0.05) is 17.8 Å². The molecule has 1 saturated carbocycles. The topological polar surface area (TPSA) is 155 Å². The van der Waals surface area contributed by atoms with Gasteiger partial charge < -0.3 is 26.8 Å². The lowest BCUT2D eigenvalue weighted by molar-refractivity contribution is 0.290. The molecule has 2 atom stereocenters. The molecule has 0 spiro atoms. The van der Waals surface area contributed by atoms with Gasteiger partial charge in [0.15, 0.2) is 18.2 Å². The van der Waals surface area contributed by atoms with Gasteiger partial charge in [0.05, 0.1) is 5.02 Å². The zero-order chi connectivity index (χ0) is 17.1. The standard InChI is InChI=1S/C13H17ClN8O2/c14-8-4-10(7(3-9(8)23)6-1-2-6)24-11-5-17-13(20-22-16)18-12(11)19-21-15/h3-6,12-13,17-18,23H,1-2H2,(H2,15,19)(H2,16,20). The highest BCUT2D eigenvalue weighted by molar-refractivity contribution is 6.32. The molecular weight excluding hydrogens is 336 g/mol. The number of phenolic OH excluding ortho intramolecular Hbond substituents is 1. The Kier molecular flexibility index (Phi) is 4.67. The molecule has 0 saturated heterocycles. The van der Waals surface area contributed by atoms with Crippen LogP contribution in [0, 0.1) is 0 Å². The molecule has 3 rings (SSSR count). The molecule has 128 valence electrons. The van der Waals surface area contributed by atoms with Crippen LogP contribution < -0.4 is 27.1 Å². The predicted molar refractivity (Wildman–Crippen MR) is 85.7 cm³/mol. The van der Waals surface area contributed by atoms with Gasteiger partial charge in [0.25, 0.3) is 0 Å². The average molecular weight is 353 g/mol. The van der Waals surface area contributed by atoms with E-state index in [1.54, 1.807) is 18.3 Å². The second kappa shape index (κ2) is 6.89. The van der Waals surface area contributed by atoms with E-state index in [-0.39, 0.29) is 10.8 Å². The normalized spacial score (nSPS) is 24.1. The van der Waals surface area contributed by atoms with Crippen molar-refractivity contribution in [3.63, 3.8) is 0 Å². The van der Waals surface area contributed by atoms with Crippen LogP contribution in [-0.4, -0.2) is 17.6 Å². The number of hydrogen-bond donors (Lipinski definition) is 5. The Balaban J connectivity index is 1.87. The molecule has 1 aromatic rings. The lowest BCUT2D eigenvalue weighted by Crippen LogP contribution is -2.49. The number of phenols is 1. The van der Waals surface area contributed by atoms with Crippen molar-refractivity contribution in [3.8, 4) is 11.5 Å². The molecule has 1 aliphatic carbocycles. The molecule has 0 aromatic heterocycles. The summed E-state index contributed by atoms with van der Waals surface area (Å²) >= 11 is 6.01. The zero-order valence-electron chi connectivity index (χ0n) is 12.6. The molecule has 11 heteroatoms. The van der Waals surface area contributed by atoms with Crippen molar-refractivity contribution in [3.05, 3.63) is 34.7 Å². The van der Waals surface area contributed by atoms with E-state index in [4.69, 9.17) is 28.0 Å². The number of nitrogens with one attached hydrogen (secondary N) is 2. The Morgan fingerprint density at radius 2 is 1.96 bits per heavy atom. The molecule has 24 heavy (non-hydrogen) atoms. The van der Waals surface area contributed by atoms with Crippen molar-refractivity contribution in [2.24, 2.45) is 32.4 Å². The van der Waals surface area contributed by atoms with E-state index in [0.29, 0.717) is 17.4 Å². The van der Waals surface area contributed by atoms with Crippen LogP contribution in [0.5, 0.6) is 11.5 Å². The number of halogens is 1. The Hall–Kier alpha value is -2.59. The van der Waals surface area contributed by atoms with E-state index in [1.165, 1.54) is 0 Å². The Labute approximate surface area is 142 Å². The van der Waals surface area contributed by atoms with E-state index < -0.39 is 12.5 Å². The van der Waals surface area contributed by atoms with Gasteiger partial charge in [-0.05, 0) is 24.8 Å². The van der Waals surface area contributed by atoms with Gasteiger partial charge in [-0.2, -0.15) is 0 Å². The van der Waals surface area contributed by atoms with Crippen LogP contribution in [-0.2, 0) is 0 Å². The largest absolute Gasteiger partial charge is 0.506 e. The second-order valence-electron chi connectivity index (χ2n) is 5.36. The van der Waals surface area contributed by atoms with Gasteiger partial charge in [-0.15, -0.1) is 10.2 Å². The molecule has 2 aliphatic rings. The highest BCUT2D eigenvalue weighted by Gasteiger charge is 2.30. The van der Waals surface area contributed by atoms with E-state index in [2.05, 4.69) is 31.3 Å². The molecule has 2 unspecified atom stereocenters. The van der Waals surface area contributed by atoms with Crippen molar-refractivity contribution in [1.29, 1.82) is 0 Å². The van der Waals surface area contributed by atoms with E-state index in [0.717, 1.165) is 18.4 Å². The molecule has 1 fully saturated rings. The van der Waals surface area contributed by atoms with Gasteiger partial charge in [-0.1, -0.05) is 22.0 Å². The number of benzene rings is 1. The summed E-state index contributed by atoms with van der Waals surface area (Å²) in [7, 11) is 0. The maximum Gasteiger partial charge on any atom is 0.197 e. The Morgan fingerprint density at radius 1 is 1.21 bits per heavy atom. The van der Waals surface area contributed by atoms with Crippen molar-refractivity contribution in [2.45, 2.75) is 31.2 Å². The monoisotopic (exact) mass is 352 g/mol. The second-order valence-corrected chi connectivity index (χ2v) is 5.77. The number of aromatic hydroxyl groups is 1. The van der Waals surface area contributed by atoms with Crippen molar-refractivity contribution in [2.75, 3.05) is 0 Å². The minimum atomic E-state index is -0.675. The number of nitrogens with zero attached hydrogens (tertiary/aromatic N) is 4. The summed E-state index contributed by atoms with van der Waals surface area (Å²) in [5.41, 5.74) is 0.894. The molecule has 0 bridgehead atoms. The minimum absolute atomic E-state index is 0.0291. The molecule has 1 aliphatic heterocycles.